The van der Waals surface area contributed by atoms with Crippen LogP contribution in [-0.4, -0.2) is 63.7 Å². The SMILES string of the molecule is O=C(c1n[nH]c2cc(OC(F)(F)F)ccc12)N1CCN(c2cn[nH]c2)CC1. The van der Waals surface area contributed by atoms with Crippen LogP contribution in [0.5, 0.6) is 5.75 Å². The Bertz CT molecular complexity index is 945. The molecule has 27 heavy (non-hydrogen) atoms. The van der Waals surface area contributed by atoms with Crippen LogP contribution in [0.3, 0.4) is 0 Å². The molecule has 0 aliphatic carbocycles. The van der Waals surface area contributed by atoms with E-state index in [-0.39, 0.29) is 17.4 Å². The Morgan fingerprint density at radius 1 is 1.19 bits per heavy atom. The first-order valence-electron chi connectivity index (χ1n) is 8.17. The number of nitrogens with one attached hydrogen (secondary N) is 2. The third kappa shape index (κ3) is 3.52. The van der Waals surface area contributed by atoms with Crippen molar-refractivity contribution >= 4 is 22.5 Å². The van der Waals surface area contributed by atoms with Gasteiger partial charge in [0.25, 0.3) is 5.91 Å². The van der Waals surface area contributed by atoms with Gasteiger partial charge in [-0.1, -0.05) is 0 Å². The molecule has 2 aromatic heterocycles. The van der Waals surface area contributed by atoms with Crippen LogP contribution in [0.1, 0.15) is 10.5 Å². The summed E-state index contributed by atoms with van der Waals surface area (Å²) in [7, 11) is 0. The third-order valence-electron chi connectivity index (χ3n) is 4.39. The highest BCUT2D eigenvalue weighted by atomic mass is 19.4. The number of anilines is 1. The fourth-order valence-corrected chi connectivity index (χ4v) is 3.09. The molecule has 142 valence electrons. The summed E-state index contributed by atoms with van der Waals surface area (Å²) < 4.78 is 40.9. The summed E-state index contributed by atoms with van der Waals surface area (Å²) in [6, 6.07) is 3.73. The standard InChI is InChI=1S/C16H15F3N6O2/c17-16(18,19)27-11-1-2-12-13(7-11)22-23-14(12)15(26)25-5-3-24(4-6-25)10-8-20-21-9-10/h1-2,7-9H,3-6H2,(H,20,21)(H,22,23). The van der Waals surface area contributed by atoms with Crippen LogP contribution >= 0.6 is 0 Å². The first-order valence-corrected chi connectivity index (χ1v) is 8.17. The number of amides is 1. The highest BCUT2D eigenvalue weighted by Gasteiger charge is 2.31. The number of ether oxygens (including phenoxy) is 1. The van der Waals surface area contributed by atoms with E-state index in [2.05, 4.69) is 30.0 Å². The smallest absolute Gasteiger partial charge is 0.406 e. The lowest BCUT2D eigenvalue weighted by Gasteiger charge is -2.35. The largest absolute Gasteiger partial charge is 0.573 e. The van der Waals surface area contributed by atoms with E-state index in [1.54, 1.807) is 17.3 Å². The molecule has 1 fully saturated rings. The Morgan fingerprint density at radius 2 is 1.96 bits per heavy atom. The number of hydrogen-bond donors (Lipinski definition) is 2. The number of H-pyrrole nitrogens is 2. The second-order valence-corrected chi connectivity index (χ2v) is 6.06. The lowest BCUT2D eigenvalue weighted by Crippen LogP contribution is -2.48. The molecule has 0 radical (unpaired) electrons. The number of carbonyl (C=O) groups is 1. The molecule has 1 aliphatic heterocycles. The molecule has 1 amide bonds. The number of rotatable bonds is 3. The van der Waals surface area contributed by atoms with Crippen molar-refractivity contribution in [2.45, 2.75) is 6.36 Å². The van der Waals surface area contributed by atoms with Gasteiger partial charge in [0.15, 0.2) is 5.69 Å². The fraction of sp³-hybridized carbons (Fsp3) is 0.312. The van der Waals surface area contributed by atoms with E-state index in [4.69, 9.17) is 0 Å². The van der Waals surface area contributed by atoms with Gasteiger partial charge in [-0.15, -0.1) is 13.2 Å². The van der Waals surface area contributed by atoms with E-state index in [9.17, 15) is 18.0 Å². The van der Waals surface area contributed by atoms with Crippen LogP contribution in [0.2, 0.25) is 0 Å². The maximum atomic E-state index is 12.8. The normalized spacial score (nSPS) is 15.4. The average molecular weight is 380 g/mol. The number of alkyl halides is 3. The molecule has 2 N–H and O–H groups in total. The molecule has 0 bridgehead atoms. The van der Waals surface area contributed by atoms with E-state index >= 15 is 0 Å². The second kappa shape index (κ2) is 6.49. The van der Waals surface area contributed by atoms with Gasteiger partial charge in [-0.05, 0) is 12.1 Å². The van der Waals surface area contributed by atoms with E-state index < -0.39 is 6.36 Å². The maximum Gasteiger partial charge on any atom is 0.573 e. The van der Waals surface area contributed by atoms with Gasteiger partial charge in [-0.2, -0.15) is 10.2 Å². The maximum absolute atomic E-state index is 12.8. The summed E-state index contributed by atoms with van der Waals surface area (Å²) in [6.07, 6.45) is -1.26. The zero-order valence-electron chi connectivity index (χ0n) is 14.0. The lowest BCUT2D eigenvalue weighted by atomic mass is 10.1. The zero-order chi connectivity index (χ0) is 19.0. The molecule has 3 heterocycles. The van der Waals surface area contributed by atoms with Crippen molar-refractivity contribution in [2.24, 2.45) is 0 Å². The van der Waals surface area contributed by atoms with Gasteiger partial charge >= 0.3 is 6.36 Å². The Morgan fingerprint density at radius 3 is 2.63 bits per heavy atom. The predicted octanol–water partition coefficient (Wildman–Crippen LogP) is 2.15. The lowest BCUT2D eigenvalue weighted by molar-refractivity contribution is -0.274. The van der Waals surface area contributed by atoms with Gasteiger partial charge in [-0.25, -0.2) is 0 Å². The molecule has 0 saturated carbocycles. The van der Waals surface area contributed by atoms with Crippen LogP contribution in [-0.2, 0) is 0 Å². The fourth-order valence-electron chi connectivity index (χ4n) is 3.09. The van der Waals surface area contributed by atoms with Crippen LogP contribution < -0.4 is 9.64 Å². The van der Waals surface area contributed by atoms with Gasteiger partial charge in [-0.3, -0.25) is 15.0 Å². The summed E-state index contributed by atoms with van der Waals surface area (Å²) in [5, 5.41) is 13.7. The van der Waals surface area contributed by atoms with Gasteiger partial charge in [0.05, 0.1) is 17.4 Å². The minimum Gasteiger partial charge on any atom is -0.406 e. The first kappa shape index (κ1) is 17.2. The Labute approximate surface area is 150 Å². The molecule has 11 heteroatoms. The van der Waals surface area contributed by atoms with E-state index in [1.165, 1.54) is 18.2 Å². The van der Waals surface area contributed by atoms with Crippen LogP contribution in [0.15, 0.2) is 30.6 Å². The molecule has 1 aromatic carbocycles. The summed E-state index contributed by atoms with van der Waals surface area (Å²) in [5.74, 6) is -0.635. The molecule has 0 atom stereocenters. The molecular formula is C16H15F3N6O2. The van der Waals surface area contributed by atoms with Crippen molar-refractivity contribution < 1.29 is 22.7 Å². The Kier molecular flexibility index (Phi) is 4.13. The summed E-state index contributed by atoms with van der Waals surface area (Å²) >= 11 is 0. The van der Waals surface area contributed by atoms with Crippen molar-refractivity contribution in [3.05, 3.63) is 36.3 Å². The van der Waals surface area contributed by atoms with Gasteiger partial charge in [0.2, 0.25) is 0 Å². The number of aromatic amines is 2. The van der Waals surface area contributed by atoms with Crippen molar-refractivity contribution in [3.8, 4) is 5.75 Å². The van der Waals surface area contributed by atoms with E-state index in [1.807, 2.05) is 0 Å². The number of fused-ring (bicyclic) bond motifs is 1. The minimum atomic E-state index is -4.78. The van der Waals surface area contributed by atoms with Crippen LogP contribution in [0.4, 0.5) is 18.9 Å². The highest BCUT2D eigenvalue weighted by Crippen LogP contribution is 2.27. The third-order valence-corrected chi connectivity index (χ3v) is 4.39. The predicted molar refractivity (Wildman–Crippen MR) is 89.5 cm³/mol. The topological polar surface area (TPSA) is 90.1 Å². The monoisotopic (exact) mass is 380 g/mol. The van der Waals surface area contributed by atoms with E-state index in [0.717, 1.165) is 5.69 Å². The summed E-state index contributed by atoms with van der Waals surface area (Å²) in [4.78, 5) is 16.6. The molecule has 4 rings (SSSR count). The molecule has 8 nitrogen and oxygen atoms in total. The number of aromatic nitrogens is 4. The van der Waals surface area contributed by atoms with Crippen molar-refractivity contribution in [3.63, 3.8) is 0 Å². The average Bonchev–Trinajstić information content (AvgIpc) is 3.29. The second-order valence-electron chi connectivity index (χ2n) is 6.06. The number of piperazine rings is 1. The van der Waals surface area contributed by atoms with Gasteiger partial charge in [0.1, 0.15) is 5.75 Å². The number of hydrogen-bond acceptors (Lipinski definition) is 5. The Hall–Kier alpha value is -3.24. The number of carbonyl (C=O) groups excluding carboxylic acids is 1. The molecule has 3 aromatic rings. The highest BCUT2D eigenvalue weighted by molar-refractivity contribution is 6.05. The molecule has 1 saturated heterocycles. The molecular weight excluding hydrogens is 365 g/mol. The van der Waals surface area contributed by atoms with Crippen LogP contribution in [0.25, 0.3) is 10.9 Å². The quantitative estimate of drug-likeness (QED) is 0.727. The van der Waals surface area contributed by atoms with E-state index in [0.29, 0.717) is 37.1 Å². The molecule has 0 unspecified atom stereocenters. The van der Waals surface area contributed by atoms with Crippen molar-refractivity contribution in [2.75, 3.05) is 31.1 Å². The molecule has 0 spiro atoms. The number of halogens is 3. The number of nitrogens with zero attached hydrogens (tertiary/aromatic N) is 4. The van der Waals surface area contributed by atoms with Gasteiger partial charge < -0.3 is 14.5 Å². The van der Waals surface area contributed by atoms with Crippen molar-refractivity contribution in [1.82, 2.24) is 25.3 Å². The minimum absolute atomic E-state index is 0.181. The number of benzene rings is 1. The van der Waals surface area contributed by atoms with Crippen molar-refractivity contribution in [1.29, 1.82) is 0 Å². The zero-order valence-corrected chi connectivity index (χ0v) is 14.0. The first-order chi connectivity index (χ1) is 12.9. The summed E-state index contributed by atoms with van der Waals surface area (Å²) in [6.45, 7) is 2.32. The molecule has 1 aliphatic rings. The Balaban J connectivity index is 1.48. The van der Waals surface area contributed by atoms with Gasteiger partial charge in [0, 0.05) is 43.8 Å². The van der Waals surface area contributed by atoms with Crippen LogP contribution in [0, 0.1) is 0 Å². The summed E-state index contributed by atoms with van der Waals surface area (Å²) in [5.41, 5.74) is 1.45.